The average molecular weight is 294 g/mol. The highest BCUT2D eigenvalue weighted by molar-refractivity contribution is 5.76. The smallest absolute Gasteiger partial charge is 0.220 e. The Morgan fingerprint density at radius 2 is 1.71 bits per heavy atom. The lowest BCUT2D eigenvalue weighted by molar-refractivity contribution is -0.122. The van der Waals surface area contributed by atoms with Crippen molar-refractivity contribution in [2.24, 2.45) is 11.8 Å². The molecule has 3 heteroatoms. The maximum atomic E-state index is 12.0. The van der Waals surface area contributed by atoms with Crippen LogP contribution in [0.2, 0.25) is 0 Å². The Bertz CT molecular complexity index is 306. The monoisotopic (exact) mass is 294 g/mol. The number of amides is 1. The van der Waals surface area contributed by atoms with Crippen molar-refractivity contribution < 1.29 is 4.79 Å². The van der Waals surface area contributed by atoms with Gasteiger partial charge in [0.05, 0.1) is 0 Å². The minimum absolute atomic E-state index is 0.290. The van der Waals surface area contributed by atoms with Gasteiger partial charge in [0.1, 0.15) is 0 Å². The second-order valence-electron chi connectivity index (χ2n) is 7.13. The van der Waals surface area contributed by atoms with Gasteiger partial charge >= 0.3 is 0 Å². The van der Waals surface area contributed by atoms with Gasteiger partial charge in [0.15, 0.2) is 0 Å². The van der Waals surface area contributed by atoms with Crippen molar-refractivity contribution in [2.75, 3.05) is 13.1 Å². The van der Waals surface area contributed by atoms with Crippen molar-refractivity contribution >= 4 is 5.91 Å². The summed E-state index contributed by atoms with van der Waals surface area (Å²) in [6.45, 7) is 4.61. The minimum Gasteiger partial charge on any atom is -0.353 e. The molecule has 2 aliphatic rings. The van der Waals surface area contributed by atoms with Gasteiger partial charge in [-0.25, -0.2) is 0 Å². The summed E-state index contributed by atoms with van der Waals surface area (Å²) in [6.07, 6.45) is 13.4. The maximum absolute atomic E-state index is 12.0. The van der Waals surface area contributed by atoms with Gasteiger partial charge in [0, 0.05) is 12.5 Å². The number of carbonyl (C=O) groups excluding carboxylic acids is 1. The highest BCUT2D eigenvalue weighted by atomic mass is 16.1. The van der Waals surface area contributed by atoms with Gasteiger partial charge in [-0.3, -0.25) is 4.79 Å². The van der Waals surface area contributed by atoms with Gasteiger partial charge in [-0.1, -0.05) is 45.4 Å². The van der Waals surface area contributed by atoms with Gasteiger partial charge in [0.2, 0.25) is 5.91 Å². The number of nitrogens with one attached hydrogen (secondary N) is 2. The molecule has 1 unspecified atom stereocenters. The molecule has 1 heterocycles. The quantitative estimate of drug-likeness (QED) is 0.638. The summed E-state index contributed by atoms with van der Waals surface area (Å²) in [5.74, 6) is 1.97. The summed E-state index contributed by atoms with van der Waals surface area (Å²) in [5, 5.41) is 6.76. The van der Waals surface area contributed by atoms with E-state index in [9.17, 15) is 4.79 Å². The minimum atomic E-state index is 0.290. The van der Waals surface area contributed by atoms with Crippen LogP contribution in [0.4, 0.5) is 0 Å². The molecule has 3 nitrogen and oxygen atoms in total. The molecule has 122 valence electrons. The third kappa shape index (κ3) is 5.98. The Morgan fingerprint density at radius 3 is 2.52 bits per heavy atom. The van der Waals surface area contributed by atoms with Gasteiger partial charge in [-0.05, 0) is 50.6 Å². The first-order valence-electron chi connectivity index (χ1n) is 9.29. The Hall–Kier alpha value is -0.570. The van der Waals surface area contributed by atoms with Crippen molar-refractivity contribution in [3.8, 4) is 0 Å². The first-order chi connectivity index (χ1) is 10.3. The first kappa shape index (κ1) is 16.8. The normalized spacial score (nSPS) is 28.3. The highest BCUT2D eigenvalue weighted by Crippen LogP contribution is 2.32. The molecule has 0 radical (unpaired) electrons. The van der Waals surface area contributed by atoms with Crippen LogP contribution in [0.5, 0.6) is 0 Å². The highest BCUT2D eigenvalue weighted by Gasteiger charge is 2.33. The van der Waals surface area contributed by atoms with Gasteiger partial charge < -0.3 is 10.6 Å². The third-order valence-corrected chi connectivity index (χ3v) is 5.33. The van der Waals surface area contributed by atoms with Gasteiger partial charge in [-0.15, -0.1) is 0 Å². The fraction of sp³-hybridized carbons (Fsp3) is 0.944. The molecule has 0 aromatic carbocycles. The lowest BCUT2D eigenvalue weighted by Crippen LogP contribution is -2.40. The Labute approximate surface area is 130 Å². The van der Waals surface area contributed by atoms with Crippen LogP contribution in [0.1, 0.15) is 77.6 Å². The van der Waals surface area contributed by atoms with Crippen molar-refractivity contribution in [3.63, 3.8) is 0 Å². The number of hydrogen-bond acceptors (Lipinski definition) is 2. The van der Waals surface area contributed by atoms with E-state index in [0.717, 1.165) is 31.2 Å². The van der Waals surface area contributed by atoms with Crippen LogP contribution in [-0.4, -0.2) is 25.0 Å². The molecule has 2 N–H and O–H groups in total. The standard InChI is InChI=1S/C18H34N2O/c1-2-3-4-5-6-7-8-9-18(21)20-17-11-10-15-13-19-14-16(15)12-17/h15-17,19H,2-14H2,1H3,(H,20,21)/t15-,16+,17?/m0/s1. The predicted octanol–water partition coefficient (Wildman–Crippen LogP) is 3.63. The second kappa shape index (κ2) is 9.45. The largest absolute Gasteiger partial charge is 0.353 e. The molecule has 0 aromatic heterocycles. The van der Waals surface area contributed by atoms with E-state index < -0.39 is 0 Å². The maximum Gasteiger partial charge on any atom is 0.220 e. The molecular weight excluding hydrogens is 260 g/mol. The topological polar surface area (TPSA) is 41.1 Å². The number of unbranched alkanes of at least 4 members (excludes halogenated alkanes) is 6. The molecule has 1 aliphatic carbocycles. The first-order valence-corrected chi connectivity index (χ1v) is 9.29. The lowest BCUT2D eigenvalue weighted by Gasteiger charge is -2.31. The zero-order chi connectivity index (χ0) is 14.9. The molecule has 21 heavy (non-hydrogen) atoms. The van der Waals surface area contributed by atoms with Crippen LogP contribution in [0.15, 0.2) is 0 Å². The van der Waals surface area contributed by atoms with E-state index in [1.807, 2.05) is 0 Å². The molecule has 1 amide bonds. The van der Waals surface area contributed by atoms with Gasteiger partial charge in [0.25, 0.3) is 0 Å². The Kier molecular flexibility index (Phi) is 7.56. The zero-order valence-electron chi connectivity index (χ0n) is 13.8. The summed E-state index contributed by atoms with van der Waals surface area (Å²) >= 11 is 0. The molecule has 1 saturated carbocycles. The number of rotatable bonds is 9. The van der Waals surface area contributed by atoms with Crippen molar-refractivity contribution in [1.29, 1.82) is 0 Å². The second-order valence-corrected chi connectivity index (χ2v) is 7.13. The van der Waals surface area contributed by atoms with Crippen LogP contribution in [-0.2, 0) is 4.79 Å². The summed E-state index contributed by atoms with van der Waals surface area (Å²) < 4.78 is 0. The summed E-state index contributed by atoms with van der Waals surface area (Å²) in [5.41, 5.74) is 0. The number of carbonyl (C=O) groups is 1. The zero-order valence-corrected chi connectivity index (χ0v) is 13.8. The van der Waals surface area contributed by atoms with Crippen LogP contribution < -0.4 is 10.6 Å². The predicted molar refractivity (Wildman–Crippen MR) is 88.2 cm³/mol. The molecule has 1 aliphatic heterocycles. The summed E-state index contributed by atoms with van der Waals surface area (Å²) in [4.78, 5) is 12.0. The Morgan fingerprint density at radius 1 is 1.00 bits per heavy atom. The molecule has 1 saturated heterocycles. The van der Waals surface area contributed by atoms with Crippen molar-refractivity contribution in [3.05, 3.63) is 0 Å². The van der Waals surface area contributed by atoms with E-state index in [-0.39, 0.29) is 5.91 Å². The Balaban J connectivity index is 1.49. The van der Waals surface area contributed by atoms with E-state index in [1.165, 1.54) is 64.3 Å². The average Bonchev–Trinajstić information content (AvgIpc) is 2.94. The van der Waals surface area contributed by atoms with Gasteiger partial charge in [-0.2, -0.15) is 0 Å². The van der Waals surface area contributed by atoms with E-state index in [4.69, 9.17) is 0 Å². The molecule has 0 bridgehead atoms. The third-order valence-electron chi connectivity index (χ3n) is 5.33. The number of hydrogen-bond donors (Lipinski definition) is 2. The molecule has 0 aromatic rings. The molecule has 2 rings (SSSR count). The molecule has 0 spiro atoms. The molecule has 2 fully saturated rings. The SMILES string of the molecule is CCCCCCCCCC(=O)NC1CC[C@H]2CNC[C@H]2C1. The molecule has 3 atom stereocenters. The van der Waals surface area contributed by atoms with E-state index in [1.54, 1.807) is 0 Å². The molecular formula is C18H34N2O. The van der Waals surface area contributed by atoms with E-state index in [2.05, 4.69) is 17.6 Å². The van der Waals surface area contributed by atoms with Crippen LogP contribution in [0.25, 0.3) is 0 Å². The summed E-state index contributed by atoms with van der Waals surface area (Å²) in [7, 11) is 0. The van der Waals surface area contributed by atoms with Crippen LogP contribution in [0, 0.1) is 11.8 Å². The van der Waals surface area contributed by atoms with E-state index >= 15 is 0 Å². The van der Waals surface area contributed by atoms with Crippen LogP contribution in [0.3, 0.4) is 0 Å². The number of fused-ring (bicyclic) bond motifs is 1. The van der Waals surface area contributed by atoms with Crippen molar-refractivity contribution in [2.45, 2.75) is 83.6 Å². The fourth-order valence-corrected chi connectivity index (χ4v) is 3.97. The lowest BCUT2D eigenvalue weighted by atomic mass is 9.79. The van der Waals surface area contributed by atoms with Crippen molar-refractivity contribution in [1.82, 2.24) is 10.6 Å². The fourth-order valence-electron chi connectivity index (χ4n) is 3.97. The van der Waals surface area contributed by atoms with Crippen LogP contribution >= 0.6 is 0 Å². The van der Waals surface area contributed by atoms with E-state index in [0.29, 0.717) is 6.04 Å². The summed E-state index contributed by atoms with van der Waals surface area (Å²) in [6, 6.07) is 0.447.